The molecule has 0 fully saturated rings. The van der Waals surface area contributed by atoms with E-state index in [1.165, 1.54) is 18.2 Å². The number of carboxylic acid groups (broad SMARTS) is 1. The number of carboxylic acids is 1. The zero-order chi connectivity index (χ0) is 15.1. The highest BCUT2D eigenvalue weighted by Crippen LogP contribution is 2.25. The van der Waals surface area contributed by atoms with Gasteiger partial charge in [-0.25, -0.2) is 4.79 Å². The molecular formula is C13H16ClNO5. The molecule has 0 radical (unpaired) electrons. The second-order valence-corrected chi connectivity index (χ2v) is 4.57. The maximum atomic E-state index is 11.6. The van der Waals surface area contributed by atoms with E-state index in [0.717, 1.165) is 0 Å². The summed E-state index contributed by atoms with van der Waals surface area (Å²) < 4.78 is 10.1. The lowest BCUT2D eigenvalue weighted by atomic mass is 10.2. The van der Waals surface area contributed by atoms with Crippen LogP contribution in [0.2, 0.25) is 5.02 Å². The van der Waals surface area contributed by atoms with E-state index in [1.807, 2.05) is 0 Å². The fourth-order valence-corrected chi connectivity index (χ4v) is 1.74. The molecule has 0 saturated carbocycles. The molecule has 7 heteroatoms. The monoisotopic (exact) mass is 301 g/mol. The van der Waals surface area contributed by atoms with Crippen LogP contribution in [0.1, 0.15) is 17.3 Å². The zero-order valence-corrected chi connectivity index (χ0v) is 11.9. The van der Waals surface area contributed by atoms with Crippen LogP contribution in [-0.2, 0) is 9.53 Å². The number of rotatable bonds is 7. The zero-order valence-electron chi connectivity index (χ0n) is 11.2. The second-order valence-electron chi connectivity index (χ2n) is 4.16. The Bertz CT molecular complexity index is 492. The van der Waals surface area contributed by atoms with Crippen molar-refractivity contribution in [1.29, 1.82) is 0 Å². The summed E-state index contributed by atoms with van der Waals surface area (Å²) in [6.45, 7) is 2.00. The smallest absolute Gasteiger partial charge is 0.335 e. The molecule has 1 rings (SSSR count). The standard InChI is InChI=1S/C13H16ClNO5/c1-8(6-19-2)15-12(16)7-20-11-4-3-9(13(17)18)5-10(11)14/h3-5,8H,6-7H2,1-2H3,(H,15,16)(H,17,18)/t8-/m1/s1. The molecule has 0 saturated heterocycles. The Labute approximate surface area is 121 Å². The molecule has 6 nitrogen and oxygen atoms in total. The molecule has 110 valence electrons. The summed E-state index contributed by atoms with van der Waals surface area (Å²) in [5.41, 5.74) is 0.0560. The average Bonchev–Trinajstić information content (AvgIpc) is 2.37. The third-order valence-electron chi connectivity index (χ3n) is 2.36. The van der Waals surface area contributed by atoms with E-state index in [2.05, 4.69) is 5.32 Å². The van der Waals surface area contributed by atoms with Crippen molar-refractivity contribution in [3.63, 3.8) is 0 Å². The lowest BCUT2D eigenvalue weighted by Gasteiger charge is -2.13. The number of carbonyl (C=O) groups excluding carboxylic acids is 1. The van der Waals surface area contributed by atoms with Crippen LogP contribution in [0.5, 0.6) is 5.75 Å². The number of nitrogens with one attached hydrogen (secondary N) is 1. The molecule has 20 heavy (non-hydrogen) atoms. The first-order valence-corrected chi connectivity index (χ1v) is 6.25. The van der Waals surface area contributed by atoms with Crippen LogP contribution in [0.15, 0.2) is 18.2 Å². The number of hydrogen-bond acceptors (Lipinski definition) is 4. The number of aromatic carboxylic acids is 1. The van der Waals surface area contributed by atoms with E-state index < -0.39 is 5.97 Å². The van der Waals surface area contributed by atoms with Crippen molar-refractivity contribution in [3.05, 3.63) is 28.8 Å². The largest absolute Gasteiger partial charge is 0.482 e. The van der Waals surface area contributed by atoms with E-state index in [9.17, 15) is 9.59 Å². The Balaban J connectivity index is 2.53. The first-order chi connectivity index (χ1) is 9.43. The molecule has 0 aromatic heterocycles. The number of ether oxygens (including phenoxy) is 2. The summed E-state index contributed by atoms with van der Waals surface area (Å²) in [6, 6.07) is 3.91. The van der Waals surface area contributed by atoms with Gasteiger partial charge < -0.3 is 19.9 Å². The minimum atomic E-state index is -1.08. The Morgan fingerprint density at radius 2 is 2.15 bits per heavy atom. The van der Waals surface area contributed by atoms with Gasteiger partial charge in [-0.3, -0.25) is 4.79 Å². The lowest BCUT2D eigenvalue weighted by molar-refractivity contribution is -0.124. The van der Waals surface area contributed by atoms with Crippen molar-refractivity contribution in [2.45, 2.75) is 13.0 Å². The summed E-state index contributed by atoms with van der Waals surface area (Å²) in [4.78, 5) is 22.3. The first-order valence-electron chi connectivity index (χ1n) is 5.88. The van der Waals surface area contributed by atoms with E-state index >= 15 is 0 Å². The average molecular weight is 302 g/mol. The van der Waals surface area contributed by atoms with Gasteiger partial charge in [-0.2, -0.15) is 0 Å². The maximum Gasteiger partial charge on any atom is 0.335 e. The van der Waals surface area contributed by atoms with Gasteiger partial charge in [0.2, 0.25) is 0 Å². The normalized spacial score (nSPS) is 11.8. The fraction of sp³-hybridized carbons (Fsp3) is 0.385. The lowest BCUT2D eigenvalue weighted by Crippen LogP contribution is -2.38. The molecule has 0 heterocycles. The molecule has 0 unspecified atom stereocenters. The fourth-order valence-electron chi connectivity index (χ4n) is 1.50. The molecular weight excluding hydrogens is 286 g/mol. The van der Waals surface area contributed by atoms with Gasteiger partial charge in [-0.15, -0.1) is 0 Å². The van der Waals surface area contributed by atoms with Crippen molar-refractivity contribution < 1.29 is 24.2 Å². The molecule has 2 N–H and O–H groups in total. The number of hydrogen-bond donors (Lipinski definition) is 2. The van der Waals surface area contributed by atoms with Gasteiger partial charge in [-0.05, 0) is 25.1 Å². The maximum absolute atomic E-state index is 11.6. The molecule has 1 aromatic rings. The number of halogens is 1. The molecule has 1 aromatic carbocycles. The van der Waals surface area contributed by atoms with E-state index in [4.69, 9.17) is 26.2 Å². The predicted octanol–water partition coefficient (Wildman–Crippen LogP) is 1.57. The topological polar surface area (TPSA) is 84.9 Å². The van der Waals surface area contributed by atoms with Gasteiger partial charge in [0.15, 0.2) is 6.61 Å². The molecule has 0 aliphatic heterocycles. The van der Waals surface area contributed by atoms with E-state index in [-0.39, 0.29) is 34.9 Å². The second kappa shape index (κ2) is 7.72. The number of methoxy groups -OCH3 is 1. The minimum absolute atomic E-state index is 0.0560. The summed E-state index contributed by atoms with van der Waals surface area (Å²) in [6.07, 6.45) is 0. The van der Waals surface area contributed by atoms with Crippen LogP contribution in [0.3, 0.4) is 0 Å². The van der Waals surface area contributed by atoms with Gasteiger partial charge >= 0.3 is 5.97 Å². The van der Waals surface area contributed by atoms with Crippen LogP contribution < -0.4 is 10.1 Å². The Morgan fingerprint density at radius 1 is 1.45 bits per heavy atom. The van der Waals surface area contributed by atoms with Crippen molar-refractivity contribution in [3.8, 4) is 5.75 Å². The highest BCUT2D eigenvalue weighted by Gasteiger charge is 2.11. The highest BCUT2D eigenvalue weighted by atomic mass is 35.5. The summed E-state index contributed by atoms with van der Waals surface area (Å²) in [7, 11) is 1.54. The molecule has 1 amide bonds. The van der Waals surface area contributed by atoms with Crippen LogP contribution in [0, 0.1) is 0 Å². The van der Waals surface area contributed by atoms with Gasteiger partial charge in [-0.1, -0.05) is 11.6 Å². The van der Waals surface area contributed by atoms with Crippen molar-refractivity contribution in [2.24, 2.45) is 0 Å². The molecule has 0 aliphatic rings. The van der Waals surface area contributed by atoms with Crippen LogP contribution >= 0.6 is 11.6 Å². The predicted molar refractivity (Wildman–Crippen MR) is 73.4 cm³/mol. The number of amides is 1. The minimum Gasteiger partial charge on any atom is -0.482 e. The Hall–Kier alpha value is -1.79. The summed E-state index contributed by atoms with van der Waals surface area (Å²) >= 11 is 5.87. The van der Waals surface area contributed by atoms with Crippen LogP contribution in [-0.4, -0.2) is 43.3 Å². The molecule has 0 spiro atoms. The Morgan fingerprint density at radius 3 is 2.70 bits per heavy atom. The van der Waals surface area contributed by atoms with Crippen LogP contribution in [0.4, 0.5) is 0 Å². The van der Waals surface area contributed by atoms with Crippen molar-refractivity contribution >= 4 is 23.5 Å². The molecule has 1 atom stereocenters. The number of benzene rings is 1. The Kier molecular flexibility index (Phi) is 6.27. The first kappa shape index (κ1) is 16.3. The summed E-state index contributed by atoms with van der Waals surface area (Å²) in [5.74, 6) is -1.14. The highest BCUT2D eigenvalue weighted by molar-refractivity contribution is 6.32. The van der Waals surface area contributed by atoms with Crippen molar-refractivity contribution in [2.75, 3.05) is 20.3 Å². The molecule has 0 aliphatic carbocycles. The third-order valence-corrected chi connectivity index (χ3v) is 2.66. The SMILES string of the molecule is COC[C@@H](C)NC(=O)COc1ccc(C(=O)O)cc1Cl. The van der Waals surface area contributed by atoms with Gasteiger partial charge in [0.05, 0.1) is 17.2 Å². The van der Waals surface area contributed by atoms with Gasteiger partial charge in [0.25, 0.3) is 5.91 Å². The van der Waals surface area contributed by atoms with E-state index in [1.54, 1.807) is 14.0 Å². The van der Waals surface area contributed by atoms with Gasteiger partial charge in [0.1, 0.15) is 5.75 Å². The van der Waals surface area contributed by atoms with E-state index in [0.29, 0.717) is 6.61 Å². The number of carbonyl (C=O) groups is 2. The third kappa shape index (κ3) is 5.07. The van der Waals surface area contributed by atoms with Crippen molar-refractivity contribution in [1.82, 2.24) is 5.32 Å². The summed E-state index contributed by atoms with van der Waals surface area (Å²) in [5, 5.41) is 11.6. The van der Waals surface area contributed by atoms with Gasteiger partial charge in [0, 0.05) is 13.2 Å². The molecule has 0 bridgehead atoms. The quantitative estimate of drug-likeness (QED) is 0.798. The van der Waals surface area contributed by atoms with Crippen LogP contribution in [0.25, 0.3) is 0 Å².